The number of fused-ring (bicyclic) bond motifs is 1. The molecule has 0 N–H and O–H groups in total. The molecular weight excluding hydrogens is 513 g/mol. The van der Waals surface area contributed by atoms with E-state index in [1.54, 1.807) is 29.2 Å². The van der Waals surface area contributed by atoms with Gasteiger partial charge in [-0.15, -0.1) is 0 Å². The molecule has 2 aliphatic heterocycles. The largest absolute Gasteiger partial charge is 0.308 e. The standard InChI is InChI=1S/C28H23Cl2N3O2S/c1-17-10-12-21(13-11-17)33-27(35)23(15-20-7-5-8-22(29)26(20)30)31-28(33)36-16-25(34)32-18(2)14-19-6-3-4-9-24(19)32/h3-13,15,18H,14,16H2,1-2H3/b23-15-. The molecule has 0 spiro atoms. The van der Waals surface area contributed by atoms with E-state index in [0.717, 1.165) is 17.7 Å². The molecule has 1 unspecified atom stereocenters. The second-order valence-electron chi connectivity index (χ2n) is 8.78. The molecule has 36 heavy (non-hydrogen) atoms. The van der Waals surface area contributed by atoms with Crippen molar-refractivity contribution in [1.29, 1.82) is 0 Å². The van der Waals surface area contributed by atoms with Crippen LogP contribution in [0.1, 0.15) is 23.6 Å². The minimum absolute atomic E-state index is 0.0215. The third-order valence-corrected chi connectivity index (χ3v) is 7.95. The number of anilines is 2. The molecule has 2 aliphatic rings. The van der Waals surface area contributed by atoms with Gasteiger partial charge in [-0.2, -0.15) is 0 Å². The second-order valence-corrected chi connectivity index (χ2v) is 10.5. The Morgan fingerprint density at radius 3 is 2.61 bits per heavy atom. The van der Waals surface area contributed by atoms with E-state index in [4.69, 9.17) is 23.2 Å². The minimum Gasteiger partial charge on any atom is -0.308 e. The number of thioether (sulfide) groups is 1. The summed E-state index contributed by atoms with van der Waals surface area (Å²) in [4.78, 5) is 34.8. The van der Waals surface area contributed by atoms with E-state index in [2.05, 4.69) is 11.1 Å². The molecule has 8 heteroatoms. The number of hydrogen-bond donors (Lipinski definition) is 0. The summed E-state index contributed by atoms with van der Waals surface area (Å²) in [5.74, 6) is -0.158. The van der Waals surface area contributed by atoms with Crippen LogP contribution in [-0.4, -0.2) is 28.8 Å². The lowest BCUT2D eigenvalue weighted by molar-refractivity contribution is -0.116. The molecule has 0 fully saturated rings. The van der Waals surface area contributed by atoms with Gasteiger partial charge in [0, 0.05) is 11.7 Å². The van der Waals surface area contributed by atoms with E-state index in [-0.39, 0.29) is 29.3 Å². The van der Waals surface area contributed by atoms with Crippen LogP contribution >= 0.6 is 35.0 Å². The van der Waals surface area contributed by atoms with Gasteiger partial charge < -0.3 is 4.90 Å². The number of rotatable bonds is 4. The Bertz CT molecular complexity index is 1420. The topological polar surface area (TPSA) is 53.0 Å². The predicted molar refractivity (Wildman–Crippen MR) is 150 cm³/mol. The molecule has 3 aromatic rings. The number of nitrogens with zero attached hydrogens (tertiary/aromatic N) is 3. The number of aliphatic imine (C=N–C) groups is 1. The monoisotopic (exact) mass is 535 g/mol. The number of amides is 2. The van der Waals surface area contributed by atoms with Gasteiger partial charge in [-0.25, -0.2) is 4.99 Å². The van der Waals surface area contributed by atoms with Crippen LogP contribution in [0.25, 0.3) is 6.08 Å². The molecule has 1 atom stereocenters. The Labute approximate surface area is 224 Å². The number of para-hydroxylation sites is 1. The molecule has 0 aliphatic carbocycles. The summed E-state index contributed by atoms with van der Waals surface area (Å²) >= 11 is 13.8. The smallest absolute Gasteiger partial charge is 0.283 e. The summed E-state index contributed by atoms with van der Waals surface area (Å²) in [7, 11) is 0. The molecular formula is C28H23Cl2N3O2S. The maximum Gasteiger partial charge on any atom is 0.283 e. The van der Waals surface area contributed by atoms with Gasteiger partial charge in [0.15, 0.2) is 5.17 Å². The predicted octanol–water partition coefficient (Wildman–Crippen LogP) is 6.76. The third-order valence-electron chi connectivity index (χ3n) is 6.20. The van der Waals surface area contributed by atoms with E-state index in [0.29, 0.717) is 26.5 Å². The summed E-state index contributed by atoms with van der Waals surface area (Å²) in [6.07, 6.45) is 2.46. The Hall–Kier alpha value is -3.06. The van der Waals surface area contributed by atoms with Crippen molar-refractivity contribution in [1.82, 2.24) is 0 Å². The number of benzene rings is 3. The molecule has 0 saturated heterocycles. The second kappa shape index (κ2) is 10.1. The van der Waals surface area contributed by atoms with Crippen molar-refractivity contribution < 1.29 is 9.59 Å². The highest BCUT2D eigenvalue weighted by Crippen LogP contribution is 2.35. The average Bonchev–Trinajstić information content (AvgIpc) is 3.36. The van der Waals surface area contributed by atoms with Crippen molar-refractivity contribution in [2.75, 3.05) is 15.6 Å². The van der Waals surface area contributed by atoms with Gasteiger partial charge in [-0.1, -0.05) is 83.0 Å². The van der Waals surface area contributed by atoms with Crippen molar-refractivity contribution in [3.05, 3.63) is 99.2 Å². The van der Waals surface area contributed by atoms with Crippen molar-refractivity contribution in [2.45, 2.75) is 26.3 Å². The molecule has 5 nitrogen and oxygen atoms in total. The Morgan fingerprint density at radius 2 is 1.83 bits per heavy atom. The molecule has 0 aromatic heterocycles. The van der Waals surface area contributed by atoms with Crippen LogP contribution in [-0.2, 0) is 16.0 Å². The highest BCUT2D eigenvalue weighted by Gasteiger charge is 2.35. The lowest BCUT2D eigenvalue weighted by Gasteiger charge is -2.23. The Morgan fingerprint density at radius 1 is 1.08 bits per heavy atom. The van der Waals surface area contributed by atoms with Gasteiger partial charge in [0.05, 0.1) is 21.5 Å². The summed E-state index contributed by atoms with van der Waals surface area (Å²) in [5.41, 5.74) is 4.72. The Kier molecular flexibility index (Phi) is 6.93. The van der Waals surface area contributed by atoms with E-state index in [9.17, 15) is 9.59 Å². The highest BCUT2D eigenvalue weighted by atomic mass is 35.5. The number of amidine groups is 1. The van der Waals surface area contributed by atoms with Gasteiger partial charge in [-0.3, -0.25) is 14.5 Å². The molecule has 2 heterocycles. The lowest BCUT2D eigenvalue weighted by atomic mass is 10.1. The van der Waals surface area contributed by atoms with E-state index < -0.39 is 0 Å². The summed E-state index contributed by atoms with van der Waals surface area (Å²) in [6.45, 7) is 4.03. The van der Waals surface area contributed by atoms with Gasteiger partial charge >= 0.3 is 0 Å². The molecule has 5 rings (SSSR count). The van der Waals surface area contributed by atoms with Gasteiger partial charge in [0.2, 0.25) is 5.91 Å². The fraction of sp³-hybridized carbons (Fsp3) is 0.179. The fourth-order valence-electron chi connectivity index (χ4n) is 4.44. The average molecular weight is 536 g/mol. The van der Waals surface area contributed by atoms with Crippen LogP contribution in [0.2, 0.25) is 10.0 Å². The zero-order valence-electron chi connectivity index (χ0n) is 19.7. The van der Waals surface area contributed by atoms with Crippen LogP contribution in [0.4, 0.5) is 11.4 Å². The lowest BCUT2D eigenvalue weighted by Crippen LogP contribution is -2.38. The first kappa shape index (κ1) is 24.6. The molecule has 0 bridgehead atoms. The Balaban J connectivity index is 1.44. The van der Waals surface area contributed by atoms with Crippen molar-refractivity contribution >= 4 is 69.4 Å². The highest BCUT2D eigenvalue weighted by molar-refractivity contribution is 8.14. The summed E-state index contributed by atoms with van der Waals surface area (Å²) in [5, 5.41) is 1.20. The van der Waals surface area contributed by atoms with Gasteiger partial charge in [0.1, 0.15) is 5.70 Å². The van der Waals surface area contributed by atoms with Gasteiger partial charge in [0.25, 0.3) is 5.91 Å². The van der Waals surface area contributed by atoms with Crippen LogP contribution < -0.4 is 9.80 Å². The number of hydrogen-bond acceptors (Lipinski definition) is 4. The van der Waals surface area contributed by atoms with E-state index in [1.807, 2.05) is 61.2 Å². The number of carbonyl (C=O) groups is 2. The normalized spacial score (nSPS) is 18.1. The zero-order chi connectivity index (χ0) is 25.4. The molecule has 0 saturated carbocycles. The first-order valence-corrected chi connectivity index (χ1v) is 13.3. The molecule has 3 aromatic carbocycles. The molecule has 2 amide bonds. The SMILES string of the molecule is Cc1ccc(N2C(=O)/C(=C/c3cccc(Cl)c3Cl)N=C2SCC(=O)N2c3ccccc3CC2C)cc1. The maximum absolute atomic E-state index is 13.5. The quantitative estimate of drug-likeness (QED) is 0.347. The van der Waals surface area contributed by atoms with Crippen molar-refractivity contribution in [2.24, 2.45) is 4.99 Å². The first-order chi connectivity index (χ1) is 17.3. The van der Waals surface area contributed by atoms with Gasteiger partial charge in [-0.05, 0) is 61.7 Å². The van der Waals surface area contributed by atoms with Crippen LogP contribution in [0, 0.1) is 6.92 Å². The van der Waals surface area contributed by atoms with Crippen LogP contribution in [0.3, 0.4) is 0 Å². The molecule has 182 valence electrons. The zero-order valence-corrected chi connectivity index (χ0v) is 22.1. The first-order valence-electron chi connectivity index (χ1n) is 11.5. The molecule has 0 radical (unpaired) electrons. The van der Waals surface area contributed by atoms with Crippen molar-refractivity contribution in [3.63, 3.8) is 0 Å². The summed E-state index contributed by atoms with van der Waals surface area (Å²) < 4.78 is 0. The minimum atomic E-state index is -0.287. The number of halogens is 2. The fourth-order valence-corrected chi connectivity index (χ4v) is 5.67. The summed E-state index contributed by atoms with van der Waals surface area (Å²) in [6, 6.07) is 20.9. The number of carbonyl (C=O) groups excluding carboxylic acids is 2. The maximum atomic E-state index is 13.5. The van der Waals surface area contributed by atoms with E-state index >= 15 is 0 Å². The van der Waals surface area contributed by atoms with Crippen LogP contribution in [0.15, 0.2) is 77.4 Å². The number of aryl methyl sites for hydroxylation is 1. The van der Waals surface area contributed by atoms with E-state index in [1.165, 1.54) is 17.3 Å². The van der Waals surface area contributed by atoms with Crippen LogP contribution in [0.5, 0.6) is 0 Å². The third kappa shape index (κ3) is 4.69. The van der Waals surface area contributed by atoms with Crippen molar-refractivity contribution in [3.8, 4) is 0 Å².